The molecule has 0 saturated carbocycles. The van der Waals surface area contributed by atoms with Crippen molar-refractivity contribution in [2.45, 2.75) is 13.0 Å². The van der Waals surface area contributed by atoms with E-state index >= 15 is 0 Å². The van der Waals surface area contributed by atoms with Gasteiger partial charge in [0.15, 0.2) is 10.6 Å². The summed E-state index contributed by atoms with van der Waals surface area (Å²) in [5.74, 6) is 0.827. The zero-order valence-corrected chi connectivity index (χ0v) is 11.8. The second-order valence-corrected chi connectivity index (χ2v) is 4.86. The van der Waals surface area contributed by atoms with Gasteiger partial charge in [0.05, 0.1) is 5.69 Å². The lowest BCUT2D eigenvalue weighted by molar-refractivity contribution is 0.661. The summed E-state index contributed by atoms with van der Waals surface area (Å²) in [5, 5.41) is 11.5. The van der Waals surface area contributed by atoms with Crippen LogP contribution in [0.25, 0.3) is 11.4 Å². The van der Waals surface area contributed by atoms with E-state index in [9.17, 15) is 0 Å². The Hall–Kier alpha value is -2.28. The van der Waals surface area contributed by atoms with Crippen LogP contribution in [0.15, 0.2) is 36.8 Å². The van der Waals surface area contributed by atoms with Gasteiger partial charge < -0.3 is 0 Å². The molecule has 6 nitrogen and oxygen atoms in total. The van der Waals surface area contributed by atoms with Crippen LogP contribution in [0.4, 0.5) is 0 Å². The smallest absolute Gasteiger partial charge is 0.195 e. The minimum atomic E-state index is 0.618. The Morgan fingerprint density at radius 1 is 1.25 bits per heavy atom. The monoisotopic (exact) mass is 286 g/mol. The Kier molecular flexibility index (Phi) is 3.42. The number of aromatic nitrogens is 6. The van der Waals surface area contributed by atoms with Crippen molar-refractivity contribution in [3.05, 3.63) is 47.3 Å². The molecule has 0 aliphatic heterocycles. The minimum Gasteiger partial charge on any atom is -0.300 e. The molecule has 0 aliphatic rings. The Balaban J connectivity index is 1.86. The fourth-order valence-corrected chi connectivity index (χ4v) is 2.29. The van der Waals surface area contributed by atoms with Gasteiger partial charge in [-0.1, -0.05) is 0 Å². The van der Waals surface area contributed by atoms with Crippen LogP contribution in [0, 0.1) is 4.77 Å². The van der Waals surface area contributed by atoms with Crippen molar-refractivity contribution in [1.29, 1.82) is 0 Å². The van der Waals surface area contributed by atoms with E-state index in [4.69, 9.17) is 12.2 Å². The second kappa shape index (κ2) is 5.38. The summed E-state index contributed by atoms with van der Waals surface area (Å²) in [6.07, 6.45) is 6.24. The van der Waals surface area contributed by atoms with Crippen LogP contribution in [0.5, 0.6) is 0 Å². The summed E-state index contributed by atoms with van der Waals surface area (Å²) >= 11 is 5.30. The normalized spacial score (nSPS) is 10.8. The molecule has 20 heavy (non-hydrogen) atoms. The van der Waals surface area contributed by atoms with Gasteiger partial charge >= 0.3 is 0 Å². The molecule has 102 valence electrons. The number of pyridine rings is 1. The summed E-state index contributed by atoms with van der Waals surface area (Å²) in [4.78, 5) is 4.02. The van der Waals surface area contributed by atoms with E-state index in [1.807, 2.05) is 36.0 Å². The lowest BCUT2D eigenvalue weighted by Crippen LogP contribution is -2.04. The highest BCUT2D eigenvalue weighted by atomic mass is 32.1. The number of aromatic amines is 1. The number of hydrogen-bond donors (Lipinski definition) is 1. The fraction of sp³-hybridized carbons (Fsp3) is 0.231. The summed E-state index contributed by atoms with van der Waals surface area (Å²) in [5.41, 5.74) is 2.03. The van der Waals surface area contributed by atoms with E-state index < -0.39 is 0 Å². The summed E-state index contributed by atoms with van der Waals surface area (Å²) in [6.45, 7) is 0.740. The number of nitrogens with one attached hydrogen (secondary N) is 1. The number of nitrogens with zero attached hydrogens (tertiary/aromatic N) is 5. The molecule has 0 fully saturated rings. The molecule has 0 aromatic carbocycles. The summed E-state index contributed by atoms with van der Waals surface area (Å²) in [6, 6.07) is 5.85. The third-order valence-corrected chi connectivity index (χ3v) is 3.37. The van der Waals surface area contributed by atoms with Crippen molar-refractivity contribution in [1.82, 2.24) is 29.5 Å². The van der Waals surface area contributed by atoms with E-state index in [0.29, 0.717) is 4.77 Å². The van der Waals surface area contributed by atoms with Crippen molar-refractivity contribution in [3.8, 4) is 11.4 Å². The molecule has 3 aromatic heterocycles. The zero-order valence-electron chi connectivity index (χ0n) is 11.0. The van der Waals surface area contributed by atoms with Crippen LogP contribution in [0.3, 0.4) is 0 Å². The molecular formula is C13H14N6S. The Labute approximate surface area is 121 Å². The maximum absolute atomic E-state index is 5.30. The number of rotatable bonds is 4. The van der Waals surface area contributed by atoms with Gasteiger partial charge in [0, 0.05) is 44.2 Å². The van der Waals surface area contributed by atoms with Gasteiger partial charge in [0.25, 0.3) is 0 Å². The highest BCUT2D eigenvalue weighted by molar-refractivity contribution is 7.71. The maximum Gasteiger partial charge on any atom is 0.195 e. The predicted molar refractivity (Wildman–Crippen MR) is 77.6 cm³/mol. The molecule has 3 rings (SSSR count). The Bertz CT molecular complexity index is 755. The molecule has 0 bridgehead atoms. The van der Waals surface area contributed by atoms with E-state index in [-0.39, 0.29) is 0 Å². The molecule has 0 aliphatic carbocycles. The van der Waals surface area contributed by atoms with Gasteiger partial charge in [0.2, 0.25) is 0 Å². The van der Waals surface area contributed by atoms with Crippen molar-refractivity contribution >= 4 is 12.2 Å². The molecule has 0 amide bonds. The summed E-state index contributed by atoms with van der Waals surface area (Å²) < 4.78 is 4.40. The Morgan fingerprint density at radius 2 is 2.05 bits per heavy atom. The molecule has 0 atom stereocenters. The van der Waals surface area contributed by atoms with Gasteiger partial charge in [-0.3, -0.25) is 19.3 Å². The van der Waals surface area contributed by atoms with Crippen LogP contribution in [-0.2, 0) is 20.0 Å². The molecule has 3 heterocycles. The quantitative estimate of drug-likeness (QED) is 0.745. The SMILES string of the molecule is Cn1ccc(CCn2c(-c3ccncc3)n[nH]c2=S)n1. The zero-order chi connectivity index (χ0) is 13.9. The van der Waals surface area contributed by atoms with Gasteiger partial charge in [0.1, 0.15) is 0 Å². The van der Waals surface area contributed by atoms with Gasteiger partial charge in [-0.25, -0.2) is 0 Å². The molecule has 0 radical (unpaired) electrons. The highest BCUT2D eigenvalue weighted by Crippen LogP contribution is 2.16. The molecule has 0 unspecified atom stereocenters. The van der Waals surface area contributed by atoms with Gasteiger partial charge in [-0.05, 0) is 30.4 Å². The first-order chi connectivity index (χ1) is 9.74. The third kappa shape index (κ3) is 2.53. The van der Waals surface area contributed by atoms with Gasteiger partial charge in [-0.15, -0.1) is 0 Å². The van der Waals surface area contributed by atoms with Crippen molar-refractivity contribution < 1.29 is 0 Å². The average Bonchev–Trinajstić information content (AvgIpc) is 3.04. The number of aryl methyl sites for hydroxylation is 2. The average molecular weight is 286 g/mol. The van der Waals surface area contributed by atoms with Crippen LogP contribution in [-0.4, -0.2) is 29.5 Å². The van der Waals surface area contributed by atoms with Crippen molar-refractivity contribution in [2.75, 3.05) is 0 Å². The number of H-pyrrole nitrogens is 1. The molecule has 3 aromatic rings. The van der Waals surface area contributed by atoms with E-state index in [2.05, 4.69) is 20.3 Å². The van der Waals surface area contributed by atoms with Crippen LogP contribution < -0.4 is 0 Å². The fourth-order valence-electron chi connectivity index (χ4n) is 2.07. The standard InChI is InChI=1S/C13H14N6S/c1-18-8-4-11(17-18)5-9-19-12(15-16-13(19)20)10-2-6-14-7-3-10/h2-4,6-8H,5,9H2,1H3,(H,16,20). The lowest BCUT2D eigenvalue weighted by atomic mass is 10.2. The molecule has 1 N–H and O–H groups in total. The third-order valence-electron chi connectivity index (χ3n) is 3.06. The van der Waals surface area contributed by atoms with E-state index in [0.717, 1.165) is 30.0 Å². The van der Waals surface area contributed by atoms with Crippen molar-refractivity contribution in [2.24, 2.45) is 7.05 Å². The second-order valence-electron chi connectivity index (χ2n) is 4.47. The van der Waals surface area contributed by atoms with Crippen LogP contribution in [0.2, 0.25) is 0 Å². The minimum absolute atomic E-state index is 0.618. The topological polar surface area (TPSA) is 64.3 Å². The number of hydrogen-bond acceptors (Lipinski definition) is 4. The lowest BCUT2D eigenvalue weighted by Gasteiger charge is -2.05. The molecule has 7 heteroatoms. The molecule has 0 spiro atoms. The molecular weight excluding hydrogens is 272 g/mol. The summed E-state index contributed by atoms with van der Waals surface area (Å²) in [7, 11) is 1.91. The van der Waals surface area contributed by atoms with Gasteiger partial charge in [-0.2, -0.15) is 10.2 Å². The van der Waals surface area contributed by atoms with E-state index in [1.54, 1.807) is 17.1 Å². The van der Waals surface area contributed by atoms with Crippen molar-refractivity contribution in [3.63, 3.8) is 0 Å². The van der Waals surface area contributed by atoms with Crippen LogP contribution >= 0.6 is 12.2 Å². The molecule has 0 saturated heterocycles. The largest absolute Gasteiger partial charge is 0.300 e. The first-order valence-corrected chi connectivity index (χ1v) is 6.69. The van der Waals surface area contributed by atoms with E-state index in [1.165, 1.54) is 0 Å². The first kappa shape index (κ1) is 12.7. The van der Waals surface area contributed by atoms with Crippen LogP contribution in [0.1, 0.15) is 5.69 Å². The Morgan fingerprint density at radius 3 is 2.75 bits per heavy atom. The highest BCUT2D eigenvalue weighted by Gasteiger charge is 2.09. The predicted octanol–water partition coefficient (Wildman–Crippen LogP) is 1.98. The first-order valence-electron chi connectivity index (χ1n) is 6.28. The maximum atomic E-state index is 5.30.